The van der Waals surface area contributed by atoms with Gasteiger partial charge in [-0.1, -0.05) is 75.4 Å². The van der Waals surface area contributed by atoms with E-state index in [-0.39, 0.29) is 61.6 Å². The van der Waals surface area contributed by atoms with Gasteiger partial charge in [-0.25, -0.2) is 13.8 Å². The number of alkyl carbamates (subject to hydrolysis) is 1. The van der Waals surface area contributed by atoms with Gasteiger partial charge in [0.1, 0.15) is 19.0 Å². The first-order chi connectivity index (χ1) is 25.2. The summed E-state index contributed by atoms with van der Waals surface area (Å²) in [6.07, 6.45) is -2.06. The standard InChI is InChI=1S/C37H37N3O12S/c1-37(2,3)23-50-53(46,47)52-33-17-12-24(21-49-36(43)51-26-15-13-25(14-16-26)40(44)45)20-32(33)39-34(41)18-19-38-35(42)48-22-31-29-10-6-4-8-27(29)28-9-5-7-11-30(28)31/h4-17,20,31H,18-19,21-23H2,1-3H3,(H,38,42)(H,39,41). The van der Waals surface area contributed by atoms with Crippen LogP contribution >= 0.6 is 0 Å². The molecule has 4 aromatic rings. The molecule has 0 fully saturated rings. The second-order valence-corrected chi connectivity index (χ2v) is 14.3. The molecule has 0 unspecified atom stereocenters. The van der Waals surface area contributed by atoms with Crippen molar-refractivity contribution in [2.75, 3.05) is 25.1 Å². The predicted molar refractivity (Wildman–Crippen MR) is 192 cm³/mol. The molecule has 0 spiro atoms. The average Bonchev–Trinajstić information content (AvgIpc) is 3.43. The zero-order chi connectivity index (χ0) is 38.2. The molecule has 1 aliphatic carbocycles. The average molecular weight is 748 g/mol. The number of nitro groups is 1. The Hall–Kier alpha value is -6.00. The zero-order valence-electron chi connectivity index (χ0n) is 29.0. The molecule has 0 atom stereocenters. The van der Waals surface area contributed by atoms with Gasteiger partial charge < -0.3 is 29.0 Å². The van der Waals surface area contributed by atoms with Gasteiger partial charge in [-0.2, -0.15) is 8.42 Å². The molecule has 0 radical (unpaired) electrons. The molecular formula is C37H37N3O12S. The molecule has 0 saturated carbocycles. The molecule has 15 nitrogen and oxygen atoms in total. The van der Waals surface area contributed by atoms with Crippen LogP contribution in [0.25, 0.3) is 11.1 Å². The van der Waals surface area contributed by atoms with Crippen molar-refractivity contribution in [1.29, 1.82) is 0 Å². The van der Waals surface area contributed by atoms with Crippen LogP contribution in [0.3, 0.4) is 0 Å². The molecule has 278 valence electrons. The van der Waals surface area contributed by atoms with Crippen molar-refractivity contribution in [2.24, 2.45) is 5.41 Å². The highest BCUT2D eigenvalue weighted by Gasteiger charge is 2.29. The monoisotopic (exact) mass is 747 g/mol. The van der Waals surface area contributed by atoms with Gasteiger partial charge in [0.05, 0.1) is 17.2 Å². The lowest BCUT2D eigenvalue weighted by Crippen LogP contribution is -2.29. The molecule has 4 aromatic carbocycles. The van der Waals surface area contributed by atoms with Crippen LogP contribution in [0.2, 0.25) is 0 Å². The fourth-order valence-corrected chi connectivity index (χ4v) is 6.18. The third-order valence-electron chi connectivity index (χ3n) is 7.72. The summed E-state index contributed by atoms with van der Waals surface area (Å²) in [7, 11) is -4.56. The van der Waals surface area contributed by atoms with Crippen LogP contribution in [0.5, 0.6) is 11.5 Å². The van der Waals surface area contributed by atoms with E-state index < -0.39 is 38.9 Å². The number of nitrogens with zero attached hydrogens (tertiary/aromatic N) is 1. The molecule has 2 N–H and O–H groups in total. The number of fused-ring (bicyclic) bond motifs is 3. The predicted octanol–water partition coefficient (Wildman–Crippen LogP) is 6.86. The third kappa shape index (κ3) is 10.8. The summed E-state index contributed by atoms with van der Waals surface area (Å²) in [5.41, 5.74) is 3.80. The van der Waals surface area contributed by atoms with E-state index in [4.69, 9.17) is 22.6 Å². The van der Waals surface area contributed by atoms with Gasteiger partial charge in [-0.3, -0.25) is 14.9 Å². The van der Waals surface area contributed by atoms with Gasteiger partial charge in [0.25, 0.3) is 5.69 Å². The third-order valence-corrected chi connectivity index (χ3v) is 8.51. The second-order valence-electron chi connectivity index (χ2n) is 13.1. The van der Waals surface area contributed by atoms with Crippen LogP contribution in [-0.4, -0.2) is 51.3 Å². The van der Waals surface area contributed by atoms with Crippen LogP contribution in [0.1, 0.15) is 49.8 Å². The lowest BCUT2D eigenvalue weighted by molar-refractivity contribution is -0.384. The number of rotatable bonds is 14. The second kappa shape index (κ2) is 16.6. The molecule has 0 aromatic heterocycles. The Labute approximate surface area is 305 Å². The number of benzene rings is 4. The number of hydrogen-bond acceptors (Lipinski definition) is 12. The number of ether oxygens (including phenoxy) is 3. The Morgan fingerprint density at radius 2 is 1.51 bits per heavy atom. The van der Waals surface area contributed by atoms with Gasteiger partial charge in [0.15, 0.2) is 5.75 Å². The van der Waals surface area contributed by atoms with Crippen molar-refractivity contribution >= 4 is 39.9 Å². The van der Waals surface area contributed by atoms with Crippen molar-refractivity contribution < 1.29 is 50.3 Å². The molecule has 2 amide bonds. The highest BCUT2D eigenvalue weighted by Crippen LogP contribution is 2.44. The lowest BCUT2D eigenvalue weighted by atomic mass is 9.98. The Morgan fingerprint density at radius 1 is 0.868 bits per heavy atom. The molecule has 5 rings (SSSR count). The van der Waals surface area contributed by atoms with Crippen LogP contribution in [0.15, 0.2) is 91.0 Å². The minimum atomic E-state index is -4.56. The Balaban J connectivity index is 1.18. The first kappa shape index (κ1) is 38.2. The number of carbonyl (C=O) groups is 3. The van der Waals surface area contributed by atoms with E-state index in [1.807, 2.05) is 48.5 Å². The summed E-state index contributed by atoms with van der Waals surface area (Å²) < 4.78 is 51.0. The maximum Gasteiger partial charge on any atom is 0.514 e. The van der Waals surface area contributed by atoms with E-state index in [0.717, 1.165) is 34.4 Å². The van der Waals surface area contributed by atoms with Crippen LogP contribution in [0.4, 0.5) is 21.0 Å². The van der Waals surface area contributed by atoms with Gasteiger partial charge in [0, 0.05) is 31.0 Å². The van der Waals surface area contributed by atoms with E-state index in [1.165, 1.54) is 30.3 Å². The number of hydrogen-bond donors (Lipinski definition) is 2. The number of nitro benzene ring substituents is 1. The minimum absolute atomic E-state index is 0.00413. The van der Waals surface area contributed by atoms with Gasteiger partial charge in [-0.15, -0.1) is 0 Å². The summed E-state index contributed by atoms with van der Waals surface area (Å²) in [5, 5.41) is 16.0. The largest absolute Gasteiger partial charge is 0.514 e. The summed E-state index contributed by atoms with van der Waals surface area (Å²) in [5.74, 6) is -1.03. The molecule has 0 saturated heterocycles. The van der Waals surface area contributed by atoms with Crippen LogP contribution < -0.4 is 19.6 Å². The van der Waals surface area contributed by atoms with E-state index in [2.05, 4.69) is 10.6 Å². The highest BCUT2D eigenvalue weighted by atomic mass is 32.3. The maximum absolute atomic E-state index is 13.0. The van der Waals surface area contributed by atoms with Gasteiger partial charge in [-0.05, 0) is 57.5 Å². The Morgan fingerprint density at radius 3 is 2.13 bits per heavy atom. The molecule has 0 aliphatic heterocycles. The topological polar surface area (TPSA) is 199 Å². The minimum Gasteiger partial charge on any atom is -0.449 e. The summed E-state index contributed by atoms with van der Waals surface area (Å²) in [6.45, 7) is 4.75. The number of anilines is 1. The normalized spacial score (nSPS) is 12.2. The Kier molecular flexibility index (Phi) is 11.9. The van der Waals surface area contributed by atoms with E-state index in [0.29, 0.717) is 5.56 Å². The first-order valence-corrected chi connectivity index (χ1v) is 17.7. The van der Waals surface area contributed by atoms with E-state index >= 15 is 0 Å². The molecule has 0 bridgehead atoms. The Bertz CT molecular complexity index is 2050. The molecule has 16 heteroatoms. The lowest BCUT2D eigenvalue weighted by Gasteiger charge is -2.18. The van der Waals surface area contributed by atoms with E-state index in [9.17, 15) is 32.9 Å². The van der Waals surface area contributed by atoms with Crippen molar-refractivity contribution in [2.45, 2.75) is 39.7 Å². The van der Waals surface area contributed by atoms with Crippen LogP contribution in [-0.2, 0) is 35.5 Å². The number of non-ortho nitro benzene ring substituents is 1. The van der Waals surface area contributed by atoms with Gasteiger partial charge >= 0.3 is 22.6 Å². The maximum atomic E-state index is 13.0. The zero-order valence-corrected chi connectivity index (χ0v) is 29.8. The van der Waals surface area contributed by atoms with Crippen molar-refractivity contribution in [3.8, 4) is 22.6 Å². The number of carbonyl (C=O) groups excluding carboxylic acids is 3. The number of amides is 2. The van der Waals surface area contributed by atoms with Crippen molar-refractivity contribution in [3.05, 3.63) is 118 Å². The summed E-state index contributed by atoms with van der Waals surface area (Å²) in [6, 6.07) is 24.6. The molecule has 0 heterocycles. The molecule has 1 aliphatic rings. The molecular weight excluding hydrogens is 710 g/mol. The highest BCUT2D eigenvalue weighted by molar-refractivity contribution is 7.82. The summed E-state index contributed by atoms with van der Waals surface area (Å²) in [4.78, 5) is 48.1. The van der Waals surface area contributed by atoms with Crippen molar-refractivity contribution in [1.82, 2.24) is 5.32 Å². The fraction of sp³-hybridized carbons (Fsp3) is 0.270. The SMILES string of the molecule is CC(C)(C)COS(=O)(=O)Oc1ccc(COC(=O)Oc2ccc([N+](=O)[O-])cc2)cc1NC(=O)CCNC(=O)OCC1c2ccccc2-c2ccccc21. The van der Waals surface area contributed by atoms with Crippen LogP contribution in [0, 0.1) is 15.5 Å². The summed E-state index contributed by atoms with van der Waals surface area (Å²) >= 11 is 0. The number of nitrogens with one attached hydrogen (secondary N) is 2. The fourth-order valence-electron chi connectivity index (χ4n) is 5.26. The molecule has 53 heavy (non-hydrogen) atoms. The van der Waals surface area contributed by atoms with Gasteiger partial charge in [0.2, 0.25) is 5.91 Å². The van der Waals surface area contributed by atoms with Crippen molar-refractivity contribution in [3.63, 3.8) is 0 Å². The first-order valence-electron chi connectivity index (χ1n) is 16.4. The van der Waals surface area contributed by atoms with E-state index in [1.54, 1.807) is 20.8 Å². The smallest absolute Gasteiger partial charge is 0.449 e. The quantitative estimate of drug-likeness (QED) is 0.0589.